The number of hydrogen-bond acceptors (Lipinski definition) is 1. The van der Waals surface area contributed by atoms with Crippen molar-refractivity contribution in [2.45, 2.75) is 26.7 Å². The van der Waals surface area contributed by atoms with E-state index in [1.54, 1.807) is 0 Å². The van der Waals surface area contributed by atoms with Crippen LogP contribution in [0.1, 0.15) is 25.8 Å². The second-order valence-electron chi connectivity index (χ2n) is 4.30. The second kappa shape index (κ2) is 7.05. The van der Waals surface area contributed by atoms with Crippen LogP contribution in [0, 0.1) is 5.92 Å². The van der Waals surface area contributed by atoms with Crippen LogP contribution in [0.2, 0.25) is 0 Å². The van der Waals surface area contributed by atoms with E-state index in [9.17, 15) is 5.11 Å². The topological polar surface area (TPSA) is 20.2 Å². The summed E-state index contributed by atoms with van der Waals surface area (Å²) in [5.41, 5.74) is 5.47. The first kappa shape index (κ1) is 12.8. The highest BCUT2D eigenvalue weighted by molar-refractivity contribution is 5.16. The lowest BCUT2D eigenvalue weighted by Crippen LogP contribution is -1.93. The Balaban J connectivity index is 2.56. The highest BCUT2D eigenvalue weighted by atomic mass is 16.3. The van der Waals surface area contributed by atoms with Crippen LogP contribution >= 0.6 is 0 Å². The summed E-state index contributed by atoms with van der Waals surface area (Å²) in [5.74, 6) is 0.485. The molecule has 16 heavy (non-hydrogen) atoms. The quantitative estimate of drug-likeness (QED) is 0.748. The Morgan fingerprint density at radius 2 is 2.00 bits per heavy atom. The van der Waals surface area contributed by atoms with E-state index in [1.807, 2.05) is 24.3 Å². The molecule has 1 aromatic carbocycles. The van der Waals surface area contributed by atoms with Crippen LogP contribution < -0.4 is 0 Å². The van der Waals surface area contributed by atoms with Crippen LogP contribution in [0.25, 0.3) is 0 Å². The zero-order valence-corrected chi connectivity index (χ0v) is 10.1. The van der Waals surface area contributed by atoms with Crippen molar-refractivity contribution in [3.8, 4) is 0 Å². The van der Waals surface area contributed by atoms with Gasteiger partial charge in [-0.3, -0.25) is 0 Å². The average molecular weight is 216 g/mol. The average Bonchev–Trinajstić information content (AvgIpc) is 2.30. The van der Waals surface area contributed by atoms with E-state index in [4.69, 9.17) is 0 Å². The van der Waals surface area contributed by atoms with Crippen molar-refractivity contribution in [1.29, 1.82) is 0 Å². The zero-order chi connectivity index (χ0) is 11.8. The molecule has 1 rings (SSSR count). The third kappa shape index (κ3) is 4.97. The van der Waals surface area contributed by atoms with Gasteiger partial charge in [0.25, 0.3) is 0 Å². The van der Waals surface area contributed by atoms with Crippen molar-refractivity contribution in [1.82, 2.24) is 0 Å². The van der Waals surface area contributed by atoms with Gasteiger partial charge in [-0.2, -0.15) is 0 Å². The number of aliphatic hydroxyl groups excluding tert-OH is 1. The fourth-order valence-corrected chi connectivity index (χ4v) is 1.42. The Morgan fingerprint density at radius 3 is 2.56 bits per heavy atom. The zero-order valence-electron chi connectivity index (χ0n) is 10.1. The summed E-state index contributed by atoms with van der Waals surface area (Å²) in [4.78, 5) is 0. The molecule has 86 valence electrons. The van der Waals surface area contributed by atoms with Gasteiger partial charge in [0.2, 0.25) is 0 Å². The molecule has 0 unspecified atom stereocenters. The predicted octanol–water partition coefficient (Wildman–Crippen LogP) is 3.35. The van der Waals surface area contributed by atoms with Crippen LogP contribution in [0.15, 0.2) is 47.7 Å². The van der Waals surface area contributed by atoms with Gasteiger partial charge in [-0.25, -0.2) is 0 Å². The molecule has 0 saturated heterocycles. The summed E-state index contributed by atoms with van der Waals surface area (Å²) < 4.78 is 0. The van der Waals surface area contributed by atoms with Crippen molar-refractivity contribution >= 4 is 0 Å². The summed E-state index contributed by atoms with van der Waals surface area (Å²) in [7, 11) is 0. The predicted molar refractivity (Wildman–Crippen MR) is 68.3 cm³/mol. The van der Waals surface area contributed by atoms with Crippen LogP contribution in [-0.4, -0.2) is 11.7 Å². The number of aryl methyl sites for hydroxylation is 1. The van der Waals surface area contributed by atoms with Gasteiger partial charge in [-0.05, 0) is 36.0 Å². The highest BCUT2D eigenvalue weighted by Gasteiger charge is 1.96. The first-order valence-electron chi connectivity index (χ1n) is 5.81. The van der Waals surface area contributed by atoms with Crippen molar-refractivity contribution in [2.24, 2.45) is 5.92 Å². The number of aliphatic hydroxyl groups is 1. The van der Waals surface area contributed by atoms with E-state index >= 15 is 0 Å². The molecule has 1 nitrogen and oxygen atoms in total. The van der Waals surface area contributed by atoms with E-state index in [0.717, 1.165) is 18.4 Å². The number of rotatable bonds is 5. The maximum Gasteiger partial charge on any atom is 0.0715 e. The molecular formula is C15H20O. The molecule has 0 atom stereocenters. The molecule has 0 spiro atoms. The minimum absolute atomic E-state index is 0.107. The molecule has 1 N–H and O–H groups in total. The lowest BCUT2D eigenvalue weighted by atomic mass is 10.1. The van der Waals surface area contributed by atoms with Gasteiger partial charge in [0, 0.05) is 0 Å². The fraction of sp³-hybridized carbons (Fsp3) is 0.400. The Bertz CT molecular complexity index is 356. The van der Waals surface area contributed by atoms with Gasteiger partial charge in [-0.15, -0.1) is 5.73 Å². The molecule has 0 aliphatic rings. The molecule has 1 heteroatoms. The molecule has 0 heterocycles. The van der Waals surface area contributed by atoms with E-state index in [1.165, 1.54) is 5.56 Å². The lowest BCUT2D eigenvalue weighted by Gasteiger charge is -2.02. The van der Waals surface area contributed by atoms with Gasteiger partial charge in [0.1, 0.15) is 0 Å². The Labute approximate surface area is 98.1 Å². The van der Waals surface area contributed by atoms with Crippen LogP contribution in [0.4, 0.5) is 0 Å². The molecular weight excluding hydrogens is 196 g/mol. The monoisotopic (exact) mass is 216 g/mol. The first-order valence-corrected chi connectivity index (χ1v) is 5.81. The van der Waals surface area contributed by atoms with Crippen molar-refractivity contribution in [3.63, 3.8) is 0 Å². The third-order valence-corrected chi connectivity index (χ3v) is 2.37. The molecule has 0 amide bonds. The van der Waals surface area contributed by atoms with E-state index in [0.29, 0.717) is 5.92 Å². The smallest absolute Gasteiger partial charge is 0.0715 e. The summed E-state index contributed by atoms with van der Waals surface area (Å²) in [6.07, 6.45) is 3.86. The van der Waals surface area contributed by atoms with Gasteiger partial charge in [0.15, 0.2) is 0 Å². The molecule has 0 saturated carbocycles. The third-order valence-electron chi connectivity index (χ3n) is 2.37. The molecule has 0 aliphatic heterocycles. The van der Waals surface area contributed by atoms with E-state index < -0.39 is 0 Å². The molecule has 0 radical (unpaired) electrons. The standard InChI is InChI=1S/C15H20O/c1-13(2)8-9-15(12-16)11-10-14-6-4-3-5-7-14/h3-8,13,16H,10-12H2,1-2H3. The summed E-state index contributed by atoms with van der Waals surface area (Å²) in [5, 5.41) is 9.20. The minimum atomic E-state index is 0.107. The van der Waals surface area contributed by atoms with Crippen LogP contribution in [-0.2, 0) is 6.42 Å². The molecule has 1 aromatic rings. The van der Waals surface area contributed by atoms with Crippen molar-refractivity contribution < 1.29 is 5.11 Å². The number of benzene rings is 1. The highest BCUT2D eigenvalue weighted by Crippen LogP contribution is 2.08. The Hall–Kier alpha value is -1.30. The van der Waals surface area contributed by atoms with Crippen LogP contribution in [0.5, 0.6) is 0 Å². The van der Waals surface area contributed by atoms with E-state index in [-0.39, 0.29) is 6.61 Å². The summed E-state index contributed by atoms with van der Waals surface area (Å²) in [6.45, 7) is 4.33. The molecule has 0 aliphatic carbocycles. The molecule has 0 aromatic heterocycles. The van der Waals surface area contributed by atoms with Crippen molar-refractivity contribution in [3.05, 3.63) is 53.3 Å². The number of hydrogen-bond donors (Lipinski definition) is 1. The molecule has 0 fully saturated rings. The SMILES string of the molecule is CC(C)C=C=C(CO)CCc1ccccc1. The van der Waals surface area contributed by atoms with Gasteiger partial charge in [0.05, 0.1) is 6.61 Å². The maximum atomic E-state index is 9.20. The summed E-state index contributed by atoms with van der Waals surface area (Å²) in [6, 6.07) is 10.3. The maximum absolute atomic E-state index is 9.20. The van der Waals surface area contributed by atoms with Gasteiger partial charge >= 0.3 is 0 Å². The molecule has 0 bridgehead atoms. The largest absolute Gasteiger partial charge is 0.391 e. The van der Waals surface area contributed by atoms with Crippen LogP contribution in [0.3, 0.4) is 0 Å². The van der Waals surface area contributed by atoms with E-state index in [2.05, 4.69) is 31.7 Å². The minimum Gasteiger partial charge on any atom is -0.391 e. The Morgan fingerprint density at radius 1 is 1.31 bits per heavy atom. The fourth-order valence-electron chi connectivity index (χ4n) is 1.42. The van der Waals surface area contributed by atoms with Gasteiger partial charge in [-0.1, -0.05) is 44.2 Å². The first-order chi connectivity index (χ1) is 7.72. The normalized spacial score (nSPS) is 10.0. The van der Waals surface area contributed by atoms with Gasteiger partial charge < -0.3 is 5.11 Å². The second-order valence-corrected chi connectivity index (χ2v) is 4.30. The summed E-state index contributed by atoms with van der Waals surface area (Å²) >= 11 is 0. The van der Waals surface area contributed by atoms with Crippen molar-refractivity contribution in [2.75, 3.05) is 6.61 Å². The Kier molecular flexibility index (Phi) is 5.63. The lowest BCUT2D eigenvalue weighted by molar-refractivity contribution is 0.327.